The average Bonchev–Trinajstić information content (AvgIpc) is 2.41. The van der Waals surface area contributed by atoms with Crippen LogP contribution in [-0.2, 0) is 0 Å². The summed E-state index contributed by atoms with van der Waals surface area (Å²) in [5.41, 5.74) is 0. The maximum absolute atomic E-state index is 9.48. The second kappa shape index (κ2) is 7.46. The number of aliphatic hydroxyl groups is 1. The maximum Gasteiger partial charge on any atom is 0.0586 e. The standard InChI is InChI=1S/C15H30N2O/c1-14-7-5-8-15(13-18)17(14)12-6-11-16-9-3-2-4-10-16/h14-15,18H,2-13H2,1H3/t14-,15+/m1/s1. The molecule has 1 N–H and O–H groups in total. The summed E-state index contributed by atoms with van der Waals surface area (Å²) >= 11 is 0. The predicted octanol–water partition coefficient (Wildman–Crippen LogP) is 2.10. The fraction of sp³-hybridized carbons (Fsp3) is 1.00. The van der Waals surface area contributed by atoms with Crippen LogP contribution in [0.15, 0.2) is 0 Å². The smallest absolute Gasteiger partial charge is 0.0586 e. The molecule has 3 heteroatoms. The summed E-state index contributed by atoms with van der Waals surface area (Å²) in [5, 5.41) is 9.48. The highest BCUT2D eigenvalue weighted by Crippen LogP contribution is 2.22. The molecule has 106 valence electrons. The zero-order valence-corrected chi connectivity index (χ0v) is 12.0. The first-order chi connectivity index (χ1) is 8.81. The van der Waals surface area contributed by atoms with Gasteiger partial charge in [0.15, 0.2) is 0 Å². The molecule has 0 bridgehead atoms. The van der Waals surface area contributed by atoms with Crippen molar-refractivity contribution in [3.63, 3.8) is 0 Å². The zero-order valence-electron chi connectivity index (χ0n) is 12.0. The third-order valence-electron chi connectivity index (χ3n) is 4.74. The molecule has 3 nitrogen and oxygen atoms in total. The van der Waals surface area contributed by atoms with E-state index in [4.69, 9.17) is 0 Å². The van der Waals surface area contributed by atoms with Gasteiger partial charge in [-0.25, -0.2) is 0 Å². The molecule has 2 heterocycles. The molecule has 0 saturated carbocycles. The molecule has 2 aliphatic heterocycles. The van der Waals surface area contributed by atoms with Crippen molar-refractivity contribution in [2.45, 2.75) is 64.0 Å². The molecular weight excluding hydrogens is 224 g/mol. The van der Waals surface area contributed by atoms with E-state index in [1.807, 2.05) is 0 Å². The predicted molar refractivity (Wildman–Crippen MR) is 75.8 cm³/mol. The van der Waals surface area contributed by atoms with Crippen LogP contribution in [0.5, 0.6) is 0 Å². The first-order valence-electron chi connectivity index (χ1n) is 7.90. The fourth-order valence-corrected chi connectivity index (χ4v) is 3.60. The summed E-state index contributed by atoms with van der Waals surface area (Å²) in [7, 11) is 0. The van der Waals surface area contributed by atoms with Crippen LogP contribution >= 0.6 is 0 Å². The van der Waals surface area contributed by atoms with Gasteiger partial charge in [0.05, 0.1) is 6.61 Å². The van der Waals surface area contributed by atoms with Crippen molar-refractivity contribution in [2.75, 3.05) is 32.8 Å². The summed E-state index contributed by atoms with van der Waals surface area (Å²) in [6, 6.07) is 1.09. The number of nitrogens with zero attached hydrogens (tertiary/aromatic N) is 2. The molecule has 0 radical (unpaired) electrons. The summed E-state index contributed by atoms with van der Waals surface area (Å²) in [6.45, 7) is 7.69. The van der Waals surface area contributed by atoms with Crippen LogP contribution in [-0.4, -0.2) is 59.8 Å². The van der Waals surface area contributed by atoms with Gasteiger partial charge in [-0.3, -0.25) is 4.90 Å². The van der Waals surface area contributed by atoms with Gasteiger partial charge >= 0.3 is 0 Å². The lowest BCUT2D eigenvalue weighted by atomic mass is 9.96. The van der Waals surface area contributed by atoms with E-state index < -0.39 is 0 Å². The monoisotopic (exact) mass is 254 g/mol. The van der Waals surface area contributed by atoms with Crippen molar-refractivity contribution >= 4 is 0 Å². The van der Waals surface area contributed by atoms with Crippen LogP contribution in [0.25, 0.3) is 0 Å². The molecule has 0 aliphatic carbocycles. The Balaban J connectivity index is 1.69. The van der Waals surface area contributed by atoms with Gasteiger partial charge in [0.1, 0.15) is 0 Å². The molecule has 0 spiro atoms. The molecule has 2 aliphatic rings. The van der Waals surface area contributed by atoms with Crippen LogP contribution in [0.4, 0.5) is 0 Å². The zero-order chi connectivity index (χ0) is 12.8. The first-order valence-corrected chi connectivity index (χ1v) is 7.90. The second-order valence-corrected chi connectivity index (χ2v) is 6.11. The van der Waals surface area contributed by atoms with E-state index in [-0.39, 0.29) is 0 Å². The van der Waals surface area contributed by atoms with Gasteiger partial charge < -0.3 is 10.0 Å². The lowest BCUT2D eigenvalue weighted by Crippen LogP contribution is -2.48. The van der Waals surface area contributed by atoms with Gasteiger partial charge in [-0.2, -0.15) is 0 Å². The van der Waals surface area contributed by atoms with Crippen LogP contribution in [0.1, 0.15) is 51.9 Å². The number of likely N-dealkylation sites (tertiary alicyclic amines) is 2. The Bertz CT molecular complexity index is 229. The Morgan fingerprint density at radius 2 is 1.78 bits per heavy atom. The highest BCUT2D eigenvalue weighted by Gasteiger charge is 2.26. The fourth-order valence-electron chi connectivity index (χ4n) is 3.60. The van der Waals surface area contributed by atoms with Crippen LogP contribution in [0, 0.1) is 0 Å². The van der Waals surface area contributed by atoms with Gasteiger partial charge in [-0.05, 0) is 58.7 Å². The van der Waals surface area contributed by atoms with E-state index in [1.54, 1.807) is 0 Å². The minimum absolute atomic E-state index is 0.341. The maximum atomic E-state index is 9.48. The van der Waals surface area contributed by atoms with Crippen LogP contribution < -0.4 is 0 Å². The third kappa shape index (κ3) is 3.94. The topological polar surface area (TPSA) is 26.7 Å². The number of aliphatic hydroxyl groups excluding tert-OH is 1. The Kier molecular flexibility index (Phi) is 5.93. The first kappa shape index (κ1) is 14.3. The summed E-state index contributed by atoms with van der Waals surface area (Å²) in [4.78, 5) is 5.17. The molecule has 2 atom stereocenters. The normalized spacial score (nSPS) is 31.7. The molecule has 2 fully saturated rings. The Hall–Kier alpha value is -0.120. The quantitative estimate of drug-likeness (QED) is 0.814. The largest absolute Gasteiger partial charge is 0.395 e. The van der Waals surface area contributed by atoms with E-state index in [9.17, 15) is 5.11 Å². The van der Waals surface area contributed by atoms with Gasteiger partial charge in [-0.15, -0.1) is 0 Å². The van der Waals surface area contributed by atoms with Gasteiger partial charge in [0, 0.05) is 18.6 Å². The van der Waals surface area contributed by atoms with Crippen LogP contribution in [0.2, 0.25) is 0 Å². The van der Waals surface area contributed by atoms with Crippen molar-refractivity contribution in [1.82, 2.24) is 9.80 Å². The lowest BCUT2D eigenvalue weighted by molar-refractivity contribution is 0.0477. The minimum Gasteiger partial charge on any atom is -0.395 e. The van der Waals surface area contributed by atoms with Crippen molar-refractivity contribution in [3.8, 4) is 0 Å². The van der Waals surface area contributed by atoms with Gasteiger partial charge in [0.25, 0.3) is 0 Å². The summed E-state index contributed by atoms with van der Waals surface area (Å²) in [6.07, 6.45) is 9.24. The molecule has 2 saturated heterocycles. The highest BCUT2D eigenvalue weighted by atomic mass is 16.3. The number of piperidine rings is 2. The highest BCUT2D eigenvalue weighted by molar-refractivity contribution is 4.82. The van der Waals surface area contributed by atoms with Crippen molar-refractivity contribution in [3.05, 3.63) is 0 Å². The van der Waals surface area contributed by atoms with Crippen molar-refractivity contribution in [1.29, 1.82) is 0 Å². The Morgan fingerprint density at radius 3 is 2.50 bits per heavy atom. The van der Waals surface area contributed by atoms with E-state index >= 15 is 0 Å². The molecule has 18 heavy (non-hydrogen) atoms. The van der Waals surface area contributed by atoms with E-state index in [1.165, 1.54) is 71.1 Å². The van der Waals surface area contributed by atoms with Gasteiger partial charge in [0.2, 0.25) is 0 Å². The van der Waals surface area contributed by atoms with Crippen LogP contribution in [0.3, 0.4) is 0 Å². The Labute approximate surface area is 112 Å². The second-order valence-electron chi connectivity index (χ2n) is 6.11. The Morgan fingerprint density at radius 1 is 1.00 bits per heavy atom. The number of hydrogen-bond acceptors (Lipinski definition) is 3. The molecule has 2 rings (SSSR count). The minimum atomic E-state index is 0.341. The van der Waals surface area contributed by atoms with E-state index in [0.29, 0.717) is 18.7 Å². The number of hydrogen-bond donors (Lipinski definition) is 1. The number of rotatable bonds is 5. The molecule has 0 aromatic heterocycles. The summed E-state index contributed by atoms with van der Waals surface area (Å²) in [5.74, 6) is 0. The lowest BCUT2D eigenvalue weighted by Gasteiger charge is -2.40. The average molecular weight is 254 g/mol. The third-order valence-corrected chi connectivity index (χ3v) is 4.74. The van der Waals surface area contributed by atoms with Gasteiger partial charge in [-0.1, -0.05) is 12.8 Å². The molecule has 0 aromatic carbocycles. The molecular formula is C15H30N2O. The van der Waals surface area contributed by atoms with E-state index in [0.717, 1.165) is 0 Å². The van der Waals surface area contributed by atoms with Crippen molar-refractivity contribution < 1.29 is 5.11 Å². The van der Waals surface area contributed by atoms with Crippen molar-refractivity contribution in [2.24, 2.45) is 0 Å². The molecule has 0 aromatic rings. The molecule has 0 unspecified atom stereocenters. The van der Waals surface area contributed by atoms with E-state index in [2.05, 4.69) is 16.7 Å². The summed E-state index contributed by atoms with van der Waals surface area (Å²) < 4.78 is 0. The molecule has 0 amide bonds. The SMILES string of the molecule is C[C@@H]1CCC[C@@H](CO)N1CCCN1CCCCC1.